The molecule has 1 heterocycles. The van der Waals surface area contributed by atoms with Crippen LogP contribution in [0.25, 0.3) is 0 Å². The van der Waals surface area contributed by atoms with Gasteiger partial charge in [-0.15, -0.1) is 0 Å². The van der Waals surface area contributed by atoms with E-state index < -0.39 is 51.8 Å². The third-order valence-electron chi connectivity index (χ3n) is 2.19. The number of hydrogen-bond donors (Lipinski definition) is 2. The van der Waals surface area contributed by atoms with Crippen LogP contribution in [0.5, 0.6) is 0 Å². The second-order valence-corrected chi connectivity index (χ2v) is 3.08. The van der Waals surface area contributed by atoms with Crippen molar-refractivity contribution in [1.29, 1.82) is 5.41 Å². The Bertz CT molecular complexity index is 474. The van der Waals surface area contributed by atoms with E-state index in [2.05, 4.69) is 0 Å². The molecule has 1 aromatic carbocycles. The van der Waals surface area contributed by atoms with Crippen molar-refractivity contribution >= 4 is 11.4 Å². The van der Waals surface area contributed by atoms with Gasteiger partial charge in [-0.2, -0.15) is 4.39 Å². The van der Waals surface area contributed by atoms with Crippen LogP contribution in [-0.2, 0) is 0 Å². The van der Waals surface area contributed by atoms with E-state index in [4.69, 9.17) is 5.41 Å². The van der Waals surface area contributed by atoms with Crippen LogP contribution >= 0.6 is 0 Å². The summed E-state index contributed by atoms with van der Waals surface area (Å²) in [6, 6.07) is 0. The molecular formula is C8H4F4N2O. The van der Waals surface area contributed by atoms with Crippen LogP contribution in [0.3, 0.4) is 0 Å². The van der Waals surface area contributed by atoms with Crippen LogP contribution in [0.2, 0.25) is 0 Å². The van der Waals surface area contributed by atoms with E-state index in [1.807, 2.05) is 0 Å². The fourth-order valence-electron chi connectivity index (χ4n) is 1.51. The molecule has 0 amide bonds. The summed E-state index contributed by atoms with van der Waals surface area (Å²) in [6.07, 6.45) is 0. The minimum Gasteiger partial charge on any atom is -0.628 e. The van der Waals surface area contributed by atoms with Crippen molar-refractivity contribution in [2.75, 3.05) is 6.54 Å². The van der Waals surface area contributed by atoms with E-state index in [9.17, 15) is 22.8 Å². The van der Waals surface area contributed by atoms with Crippen LogP contribution in [0.4, 0.5) is 23.2 Å². The Morgan fingerprint density at radius 1 is 1.00 bits per heavy atom. The lowest BCUT2D eigenvalue weighted by Crippen LogP contribution is -3.01. The standard InChI is InChI=1S/C8H4F4N2O/c9-4-3-2(13)1-14(15)8(3)7(12)6(11)5(4)10/h13-14H,1H2. The molecule has 15 heavy (non-hydrogen) atoms. The molecule has 0 bridgehead atoms. The molecule has 0 radical (unpaired) electrons. The van der Waals surface area contributed by atoms with E-state index in [0.29, 0.717) is 0 Å². The summed E-state index contributed by atoms with van der Waals surface area (Å²) in [5.74, 6) is -7.42. The molecule has 2 rings (SSSR count). The molecule has 1 aromatic rings. The van der Waals surface area contributed by atoms with Crippen LogP contribution in [0.15, 0.2) is 0 Å². The number of hydroxylamine groups is 1. The van der Waals surface area contributed by atoms with Gasteiger partial charge in [0.1, 0.15) is 17.8 Å². The van der Waals surface area contributed by atoms with Crippen LogP contribution in [-0.4, -0.2) is 12.3 Å². The minimum atomic E-state index is -2.02. The molecule has 0 spiro atoms. The maximum absolute atomic E-state index is 13.1. The lowest BCUT2D eigenvalue weighted by molar-refractivity contribution is -0.762. The summed E-state index contributed by atoms with van der Waals surface area (Å²) in [6.45, 7) is -0.536. The van der Waals surface area contributed by atoms with Gasteiger partial charge in [0.05, 0.1) is 0 Å². The Balaban J connectivity index is 2.86. The Morgan fingerprint density at radius 3 is 2.13 bits per heavy atom. The average molecular weight is 220 g/mol. The molecule has 0 saturated carbocycles. The van der Waals surface area contributed by atoms with E-state index in [1.165, 1.54) is 0 Å². The SMILES string of the molecule is N=C1C[NH+]([O-])c2c(F)c(F)c(F)c(F)c21. The number of fused-ring (bicyclic) bond motifs is 1. The Kier molecular flexibility index (Phi) is 2.02. The number of halogens is 4. The van der Waals surface area contributed by atoms with E-state index in [-0.39, 0.29) is 0 Å². The van der Waals surface area contributed by atoms with Gasteiger partial charge in [0.2, 0.25) is 11.6 Å². The molecule has 2 N–H and O–H groups in total. The summed E-state index contributed by atoms with van der Waals surface area (Å²) in [5.41, 5.74) is -2.17. The number of rotatable bonds is 0. The van der Waals surface area contributed by atoms with E-state index in [1.54, 1.807) is 0 Å². The van der Waals surface area contributed by atoms with Gasteiger partial charge >= 0.3 is 0 Å². The first-order valence-electron chi connectivity index (χ1n) is 3.92. The summed E-state index contributed by atoms with van der Waals surface area (Å²) < 4.78 is 51.6. The maximum Gasteiger partial charge on any atom is 0.223 e. The van der Waals surface area contributed by atoms with E-state index in [0.717, 1.165) is 0 Å². The zero-order valence-corrected chi connectivity index (χ0v) is 7.13. The van der Waals surface area contributed by atoms with Gasteiger partial charge in [0, 0.05) is 0 Å². The predicted octanol–water partition coefficient (Wildman–Crippen LogP) is 0.639. The molecule has 1 unspecified atom stereocenters. The number of hydrogen-bond acceptors (Lipinski definition) is 2. The second kappa shape index (κ2) is 3.01. The van der Waals surface area contributed by atoms with Crippen molar-refractivity contribution in [2.45, 2.75) is 0 Å². The molecule has 1 aliphatic heterocycles. The monoisotopic (exact) mass is 220 g/mol. The summed E-state index contributed by atoms with van der Waals surface area (Å²) in [7, 11) is 0. The molecule has 3 nitrogen and oxygen atoms in total. The lowest BCUT2D eigenvalue weighted by atomic mass is 10.1. The van der Waals surface area contributed by atoms with Gasteiger partial charge in [-0.3, -0.25) is 5.41 Å². The zero-order chi connectivity index (χ0) is 11.3. The highest BCUT2D eigenvalue weighted by atomic mass is 19.2. The molecule has 80 valence electrons. The number of quaternary nitrogens is 1. The van der Waals surface area contributed by atoms with Crippen molar-refractivity contribution in [3.8, 4) is 0 Å². The Hall–Kier alpha value is -1.47. The number of nitrogens with one attached hydrogen (secondary N) is 2. The summed E-state index contributed by atoms with van der Waals surface area (Å²) in [5, 5.41) is 17.3. The zero-order valence-electron chi connectivity index (χ0n) is 7.13. The third kappa shape index (κ3) is 1.17. The highest BCUT2D eigenvalue weighted by Gasteiger charge is 2.36. The minimum absolute atomic E-state index is 0.536. The summed E-state index contributed by atoms with van der Waals surface area (Å²) in [4.78, 5) is 0. The molecule has 1 atom stereocenters. The molecule has 0 fully saturated rings. The Morgan fingerprint density at radius 2 is 1.53 bits per heavy atom. The summed E-state index contributed by atoms with van der Waals surface area (Å²) >= 11 is 0. The highest BCUT2D eigenvalue weighted by Crippen LogP contribution is 2.28. The maximum atomic E-state index is 13.1. The van der Waals surface area contributed by atoms with Crippen molar-refractivity contribution in [1.82, 2.24) is 0 Å². The van der Waals surface area contributed by atoms with Crippen LogP contribution in [0.1, 0.15) is 5.56 Å². The van der Waals surface area contributed by atoms with Crippen molar-refractivity contribution in [2.24, 2.45) is 0 Å². The average Bonchev–Trinajstić information content (AvgIpc) is 2.47. The highest BCUT2D eigenvalue weighted by molar-refractivity contribution is 6.05. The van der Waals surface area contributed by atoms with Crippen LogP contribution < -0.4 is 5.06 Å². The number of benzene rings is 1. The first kappa shape index (κ1) is 10.1. The molecule has 0 aliphatic carbocycles. The predicted molar refractivity (Wildman–Crippen MR) is 42.0 cm³/mol. The molecule has 0 saturated heterocycles. The first-order valence-corrected chi connectivity index (χ1v) is 3.92. The second-order valence-electron chi connectivity index (χ2n) is 3.08. The van der Waals surface area contributed by atoms with Gasteiger partial charge in [0.25, 0.3) is 0 Å². The van der Waals surface area contributed by atoms with E-state index >= 15 is 0 Å². The fourth-order valence-corrected chi connectivity index (χ4v) is 1.51. The van der Waals surface area contributed by atoms with Crippen molar-refractivity contribution in [3.63, 3.8) is 0 Å². The van der Waals surface area contributed by atoms with Crippen LogP contribution in [0, 0.1) is 33.9 Å². The van der Waals surface area contributed by atoms with Crippen molar-refractivity contribution < 1.29 is 22.6 Å². The van der Waals surface area contributed by atoms with Gasteiger partial charge < -0.3 is 10.3 Å². The first-order chi connectivity index (χ1) is 6.95. The smallest absolute Gasteiger partial charge is 0.223 e. The topological polar surface area (TPSA) is 51.4 Å². The lowest BCUT2D eigenvalue weighted by Gasteiger charge is -2.15. The van der Waals surface area contributed by atoms with Gasteiger partial charge in [-0.25, -0.2) is 13.2 Å². The molecule has 1 aliphatic rings. The fraction of sp³-hybridized carbons (Fsp3) is 0.125. The van der Waals surface area contributed by atoms with Gasteiger partial charge in [0.15, 0.2) is 17.3 Å². The van der Waals surface area contributed by atoms with Crippen molar-refractivity contribution in [3.05, 3.63) is 34.0 Å². The Labute approximate surface area is 81.0 Å². The quantitative estimate of drug-likeness (QED) is 0.286. The normalized spacial score (nSPS) is 19.5. The third-order valence-corrected chi connectivity index (χ3v) is 2.19. The van der Waals surface area contributed by atoms with Gasteiger partial charge in [-0.1, -0.05) is 0 Å². The molecular weight excluding hydrogens is 216 g/mol. The largest absolute Gasteiger partial charge is 0.628 e. The molecule has 0 aromatic heterocycles. The molecule has 7 heteroatoms. The van der Waals surface area contributed by atoms with Gasteiger partial charge in [-0.05, 0) is 0 Å².